The molecule has 0 aliphatic heterocycles. The van der Waals surface area contributed by atoms with Crippen LogP contribution in [0.3, 0.4) is 0 Å². The predicted octanol–water partition coefficient (Wildman–Crippen LogP) is 3.03. The van der Waals surface area contributed by atoms with Gasteiger partial charge in [0.15, 0.2) is 14.6 Å². The molecule has 0 unspecified atom stereocenters. The van der Waals surface area contributed by atoms with E-state index in [1.807, 2.05) is 19.9 Å². The van der Waals surface area contributed by atoms with E-state index >= 15 is 0 Å². The molecule has 0 atom stereocenters. The van der Waals surface area contributed by atoms with Crippen LogP contribution >= 0.6 is 0 Å². The van der Waals surface area contributed by atoms with Gasteiger partial charge in [0, 0.05) is 6.20 Å². The quantitative estimate of drug-likeness (QED) is 0.925. The Morgan fingerprint density at radius 1 is 1.04 bits per heavy atom. The van der Waals surface area contributed by atoms with Crippen LogP contribution in [-0.2, 0) is 14.6 Å². The Balaban J connectivity index is 1.91. The highest BCUT2D eigenvalue weighted by Crippen LogP contribution is 2.43. The minimum absolute atomic E-state index is 0.194. The van der Waals surface area contributed by atoms with E-state index in [9.17, 15) is 13.2 Å². The molecule has 0 radical (unpaired) electrons. The van der Waals surface area contributed by atoms with Crippen molar-refractivity contribution in [3.8, 4) is 0 Å². The molecule has 1 aromatic carbocycles. The van der Waals surface area contributed by atoms with Crippen molar-refractivity contribution in [1.29, 1.82) is 0 Å². The average molecular weight is 344 g/mol. The smallest absolute Gasteiger partial charge is 0.247 e. The summed E-state index contributed by atoms with van der Waals surface area (Å²) in [7, 11) is -3.75. The van der Waals surface area contributed by atoms with Gasteiger partial charge in [0.2, 0.25) is 5.91 Å². The molecule has 0 bridgehead atoms. The maximum Gasteiger partial charge on any atom is 0.247 e. The number of sulfone groups is 1. The second-order valence-corrected chi connectivity index (χ2v) is 8.60. The first-order valence-electron chi connectivity index (χ1n) is 7.91. The Labute approximate surface area is 142 Å². The van der Waals surface area contributed by atoms with Crippen molar-refractivity contribution in [1.82, 2.24) is 4.98 Å². The van der Waals surface area contributed by atoms with E-state index in [1.165, 1.54) is 0 Å². The van der Waals surface area contributed by atoms with E-state index in [-0.39, 0.29) is 4.90 Å². The van der Waals surface area contributed by atoms with E-state index in [4.69, 9.17) is 0 Å². The van der Waals surface area contributed by atoms with Crippen molar-refractivity contribution in [2.75, 3.05) is 5.32 Å². The Bertz CT molecular complexity index is 852. The van der Waals surface area contributed by atoms with Crippen molar-refractivity contribution >= 4 is 21.6 Å². The molecule has 1 fully saturated rings. The van der Waals surface area contributed by atoms with Gasteiger partial charge in [-0.3, -0.25) is 4.79 Å². The summed E-state index contributed by atoms with van der Waals surface area (Å²) in [5, 5.41) is 2.67. The number of rotatable bonds is 4. The average Bonchev–Trinajstić information content (AvgIpc) is 2.48. The zero-order valence-electron chi connectivity index (χ0n) is 13.7. The molecule has 24 heavy (non-hydrogen) atoms. The molecule has 0 saturated heterocycles. The third-order valence-corrected chi connectivity index (χ3v) is 7.09. The van der Waals surface area contributed by atoms with Crippen LogP contribution in [0.15, 0.2) is 47.5 Å². The highest BCUT2D eigenvalue weighted by Gasteiger charge is 2.55. The van der Waals surface area contributed by atoms with E-state index in [1.54, 1.807) is 36.5 Å². The zero-order chi connectivity index (χ0) is 17.4. The lowest BCUT2D eigenvalue weighted by molar-refractivity contribution is -0.120. The Morgan fingerprint density at radius 2 is 1.67 bits per heavy atom. The molecule has 1 amide bonds. The van der Waals surface area contributed by atoms with Gasteiger partial charge >= 0.3 is 0 Å². The lowest BCUT2D eigenvalue weighted by Crippen LogP contribution is -2.54. The van der Waals surface area contributed by atoms with Gasteiger partial charge in [-0.25, -0.2) is 13.4 Å². The minimum Gasteiger partial charge on any atom is -0.309 e. The van der Waals surface area contributed by atoms with Gasteiger partial charge in [-0.2, -0.15) is 0 Å². The Morgan fingerprint density at radius 3 is 2.17 bits per heavy atom. The lowest BCUT2D eigenvalue weighted by Gasteiger charge is -2.39. The summed E-state index contributed by atoms with van der Waals surface area (Å²) >= 11 is 0. The molecular formula is C18H20N2O3S. The highest BCUT2D eigenvalue weighted by molar-refractivity contribution is 7.93. The van der Waals surface area contributed by atoms with Crippen LogP contribution < -0.4 is 5.32 Å². The molecule has 2 aromatic rings. The maximum atomic E-state index is 13.1. The Hall–Kier alpha value is -2.21. The van der Waals surface area contributed by atoms with Crippen molar-refractivity contribution in [3.63, 3.8) is 0 Å². The van der Waals surface area contributed by atoms with E-state index < -0.39 is 20.5 Å². The topological polar surface area (TPSA) is 76.1 Å². The van der Waals surface area contributed by atoms with Crippen LogP contribution in [0.2, 0.25) is 0 Å². The summed E-state index contributed by atoms with van der Waals surface area (Å²) < 4.78 is 24.7. The molecule has 6 heteroatoms. The van der Waals surface area contributed by atoms with Gasteiger partial charge < -0.3 is 5.32 Å². The fourth-order valence-electron chi connectivity index (χ4n) is 2.83. The second-order valence-electron chi connectivity index (χ2n) is 6.34. The van der Waals surface area contributed by atoms with Gasteiger partial charge in [-0.15, -0.1) is 0 Å². The largest absolute Gasteiger partial charge is 0.309 e. The van der Waals surface area contributed by atoms with Gasteiger partial charge in [0.05, 0.1) is 4.90 Å². The van der Waals surface area contributed by atoms with Crippen LogP contribution in [0.25, 0.3) is 0 Å². The third kappa shape index (κ3) is 2.71. The van der Waals surface area contributed by atoms with Crippen LogP contribution in [0.1, 0.15) is 30.4 Å². The number of nitrogens with zero attached hydrogens (tertiary/aromatic N) is 1. The van der Waals surface area contributed by atoms with Crippen LogP contribution in [0, 0.1) is 13.8 Å². The van der Waals surface area contributed by atoms with E-state index in [0.717, 1.165) is 17.5 Å². The van der Waals surface area contributed by atoms with Crippen molar-refractivity contribution in [3.05, 3.63) is 53.7 Å². The first kappa shape index (κ1) is 16.6. The minimum atomic E-state index is -3.75. The molecule has 1 aromatic heterocycles. The molecule has 1 aliphatic rings. The van der Waals surface area contributed by atoms with Gasteiger partial charge in [-0.1, -0.05) is 23.8 Å². The summed E-state index contributed by atoms with van der Waals surface area (Å²) in [5.41, 5.74) is 1.95. The number of hydrogen-bond acceptors (Lipinski definition) is 4. The number of carbonyl (C=O) groups excluding carboxylic acids is 1. The van der Waals surface area contributed by atoms with Crippen LogP contribution in [-0.4, -0.2) is 24.1 Å². The van der Waals surface area contributed by atoms with E-state index in [0.29, 0.717) is 18.7 Å². The molecule has 0 spiro atoms. The summed E-state index contributed by atoms with van der Waals surface area (Å²) in [4.78, 5) is 17.1. The molecular weight excluding hydrogens is 324 g/mol. The first-order chi connectivity index (χ1) is 11.3. The molecule has 1 N–H and O–H groups in total. The number of carbonyl (C=O) groups is 1. The fraction of sp³-hybridized carbons (Fsp3) is 0.333. The van der Waals surface area contributed by atoms with Crippen LogP contribution in [0.5, 0.6) is 0 Å². The molecule has 126 valence electrons. The molecule has 1 saturated carbocycles. The number of aromatic nitrogens is 1. The molecule has 5 nitrogen and oxygen atoms in total. The first-order valence-corrected chi connectivity index (χ1v) is 9.39. The number of pyridine rings is 1. The summed E-state index contributed by atoms with van der Waals surface area (Å²) in [6.45, 7) is 3.79. The third-order valence-electron chi connectivity index (χ3n) is 4.57. The normalized spacial score (nSPS) is 16.2. The van der Waals surface area contributed by atoms with Gasteiger partial charge in [0.25, 0.3) is 0 Å². The monoisotopic (exact) mass is 344 g/mol. The standard InChI is InChI=1S/C18H20N2O3S/c1-13-4-7-15(8-5-13)24(22,23)18(10-3-11-18)17(21)20-16-9-6-14(2)12-19-16/h4-9,12H,3,10-11H2,1-2H3,(H,19,20,21). The molecule has 1 aliphatic carbocycles. The van der Waals surface area contributed by atoms with E-state index in [2.05, 4.69) is 10.3 Å². The number of aryl methyl sites for hydroxylation is 2. The number of nitrogens with one attached hydrogen (secondary N) is 1. The summed E-state index contributed by atoms with van der Waals surface area (Å²) in [5.74, 6) is -0.123. The van der Waals surface area contributed by atoms with Gasteiger partial charge in [0.1, 0.15) is 5.82 Å². The summed E-state index contributed by atoms with van der Waals surface area (Å²) in [6, 6.07) is 10.1. The Kier molecular flexibility index (Phi) is 4.17. The fourth-order valence-corrected chi connectivity index (χ4v) is 4.90. The maximum absolute atomic E-state index is 13.1. The predicted molar refractivity (Wildman–Crippen MR) is 92.6 cm³/mol. The van der Waals surface area contributed by atoms with Crippen LogP contribution in [0.4, 0.5) is 5.82 Å². The number of benzene rings is 1. The van der Waals surface area contributed by atoms with Crippen molar-refractivity contribution in [2.24, 2.45) is 0 Å². The SMILES string of the molecule is Cc1ccc(S(=O)(=O)C2(C(=O)Nc3ccc(C)cn3)CCC2)cc1. The highest BCUT2D eigenvalue weighted by atomic mass is 32.2. The number of hydrogen-bond donors (Lipinski definition) is 1. The van der Waals surface area contributed by atoms with Crippen molar-refractivity contribution < 1.29 is 13.2 Å². The molecule has 3 rings (SSSR count). The summed E-state index contributed by atoms with van der Waals surface area (Å²) in [6.07, 6.45) is 3.03. The number of amides is 1. The van der Waals surface area contributed by atoms with Gasteiger partial charge in [-0.05, 0) is 56.9 Å². The molecule has 1 heterocycles. The second kappa shape index (κ2) is 6.02. The zero-order valence-corrected chi connectivity index (χ0v) is 14.6. The lowest BCUT2D eigenvalue weighted by atomic mass is 9.83. The van der Waals surface area contributed by atoms with Crippen molar-refractivity contribution in [2.45, 2.75) is 42.8 Å². The number of anilines is 1.